The summed E-state index contributed by atoms with van der Waals surface area (Å²) in [4.78, 5) is 29.0. The summed E-state index contributed by atoms with van der Waals surface area (Å²) in [6.07, 6.45) is 0.726. The first-order chi connectivity index (χ1) is 16.2. The normalized spacial score (nSPS) is 11.8. The molecule has 1 atom stereocenters. The molecule has 3 aromatic rings. The Kier molecular flexibility index (Phi) is 8.64. The molecule has 34 heavy (non-hydrogen) atoms. The van der Waals surface area contributed by atoms with Crippen LogP contribution >= 0.6 is 0 Å². The van der Waals surface area contributed by atoms with Crippen molar-refractivity contribution >= 4 is 11.8 Å². The van der Waals surface area contributed by atoms with Crippen molar-refractivity contribution in [1.82, 2.24) is 10.2 Å². The standard InChI is InChI=1S/C30H36N2O2/c1-21(2)31-30(34)28(18-25-11-7-6-8-12-25)32(20-26-13-9-10-22(3)16-26)29(33)19-27-17-23(4)14-15-24(27)5/h6-17,21,28H,18-20H2,1-5H3,(H,31,34)/t28-/m1/s1. The lowest BCUT2D eigenvalue weighted by molar-refractivity contribution is -0.141. The minimum absolute atomic E-state index is 0.0132. The van der Waals surface area contributed by atoms with E-state index in [1.807, 2.05) is 83.1 Å². The number of nitrogens with one attached hydrogen (secondary N) is 1. The molecular weight excluding hydrogens is 420 g/mol. The van der Waals surface area contributed by atoms with Crippen LogP contribution in [0.1, 0.15) is 47.2 Å². The third-order valence-electron chi connectivity index (χ3n) is 5.98. The first-order valence-corrected chi connectivity index (χ1v) is 12.0. The predicted molar refractivity (Wildman–Crippen MR) is 139 cm³/mol. The summed E-state index contributed by atoms with van der Waals surface area (Å²) in [6.45, 7) is 10.4. The number of hydrogen-bond donors (Lipinski definition) is 1. The molecule has 2 amide bonds. The maximum absolute atomic E-state index is 13.8. The summed E-state index contributed by atoms with van der Waals surface area (Å²) in [6, 6.07) is 23.6. The topological polar surface area (TPSA) is 49.4 Å². The molecule has 0 fully saturated rings. The molecule has 0 aliphatic heterocycles. The highest BCUT2D eigenvalue weighted by molar-refractivity contribution is 5.89. The van der Waals surface area contributed by atoms with Crippen molar-refractivity contribution in [2.75, 3.05) is 0 Å². The van der Waals surface area contributed by atoms with Crippen molar-refractivity contribution in [2.45, 2.75) is 66.1 Å². The number of carbonyl (C=O) groups excluding carboxylic acids is 2. The average Bonchev–Trinajstić information content (AvgIpc) is 2.79. The number of aryl methyl sites for hydroxylation is 3. The number of rotatable bonds is 9. The van der Waals surface area contributed by atoms with Crippen LogP contribution in [0.25, 0.3) is 0 Å². The van der Waals surface area contributed by atoms with Crippen molar-refractivity contribution < 1.29 is 9.59 Å². The molecule has 3 aromatic carbocycles. The Balaban J connectivity index is 2.00. The Morgan fingerprint density at radius 1 is 0.824 bits per heavy atom. The van der Waals surface area contributed by atoms with Crippen molar-refractivity contribution in [3.8, 4) is 0 Å². The highest BCUT2D eigenvalue weighted by Gasteiger charge is 2.31. The van der Waals surface area contributed by atoms with Gasteiger partial charge in [-0.25, -0.2) is 0 Å². The van der Waals surface area contributed by atoms with Gasteiger partial charge in [0, 0.05) is 19.0 Å². The second-order valence-corrected chi connectivity index (χ2v) is 9.49. The number of hydrogen-bond acceptors (Lipinski definition) is 2. The van der Waals surface area contributed by atoms with Gasteiger partial charge in [0.15, 0.2) is 0 Å². The molecule has 178 valence electrons. The minimum Gasteiger partial charge on any atom is -0.352 e. The monoisotopic (exact) mass is 456 g/mol. The second kappa shape index (κ2) is 11.6. The smallest absolute Gasteiger partial charge is 0.243 e. The maximum atomic E-state index is 13.8. The van der Waals surface area contributed by atoms with Gasteiger partial charge in [-0.2, -0.15) is 0 Å². The molecule has 0 unspecified atom stereocenters. The molecule has 4 heteroatoms. The minimum atomic E-state index is -0.608. The zero-order valence-corrected chi connectivity index (χ0v) is 21.0. The van der Waals surface area contributed by atoms with Gasteiger partial charge in [0.1, 0.15) is 6.04 Å². The molecule has 3 rings (SSSR count). The summed E-state index contributed by atoms with van der Waals surface area (Å²) in [5, 5.41) is 3.05. The first-order valence-electron chi connectivity index (χ1n) is 12.0. The average molecular weight is 457 g/mol. The van der Waals surface area contributed by atoms with Crippen molar-refractivity contribution in [3.63, 3.8) is 0 Å². The lowest BCUT2D eigenvalue weighted by Gasteiger charge is -2.32. The van der Waals surface area contributed by atoms with E-state index in [2.05, 4.69) is 29.6 Å². The molecule has 1 N–H and O–H groups in total. The van der Waals surface area contributed by atoms with E-state index in [4.69, 9.17) is 0 Å². The second-order valence-electron chi connectivity index (χ2n) is 9.49. The summed E-state index contributed by atoms with van der Waals surface area (Å²) in [7, 11) is 0. The van der Waals surface area contributed by atoms with Gasteiger partial charge in [0.05, 0.1) is 6.42 Å². The van der Waals surface area contributed by atoms with E-state index in [9.17, 15) is 9.59 Å². The third kappa shape index (κ3) is 7.05. The maximum Gasteiger partial charge on any atom is 0.243 e. The molecule has 0 aliphatic carbocycles. The Bertz CT molecular complexity index is 1120. The fourth-order valence-corrected chi connectivity index (χ4v) is 4.20. The Morgan fingerprint density at radius 3 is 2.18 bits per heavy atom. The Morgan fingerprint density at radius 2 is 1.50 bits per heavy atom. The van der Waals surface area contributed by atoms with Crippen molar-refractivity contribution in [2.24, 2.45) is 0 Å². The number of nitrogens with zero attached hydrogens (tertiary/aromatic N) is 1. The molecule has 0 aliphatic rings. The van der Waals surface area contributed by atoms with Gasteiger partial charge in [-0.3, -0.25) is 9.59 Å². The molecular formula is C30H36N2O2. The van der Waals surface area contributed by atoms with Crippen LogP contribution in [0.2, 0.25) is 0 Å². The highest BCUT2D eigenvalue weighted by Crippen LogP contribution is 2.19. The number of carbonyl (C=O) groups is 2. The van der Waals surface area contributed by atoms with Gasteiger partial charge in [-0.05, 0) is 56.9 Å². The molecule has 0 saturated heterocycles. The Hall–Kier alpha value is -3.40. The molecule has 0 radical (unpaired) electrons. The van der Waals surface area contributed by atoms with Gasteiger partial charge in [0.25, 0.3) is 0 Å². The fourth-order valence-electron chi connectivity index (χ4n) is 4.20. The van der Waals surface area contributed by atoms with Crippen LogP contribution in [-0.2, 0) is 29.0 Å². The van der Waals surface area contributed by atoms with E-state index in [0.29, 0.717) is 13.0 Å². The summed E-state index contributed by atoms with van der Waals surface area (Å²) in [5.41, 5.74) is 6.38. The summed E-state index contributed by atoms with van der Waals surface area (Å²) >= 11 is 0. The zero-order valence-electron chi connectivity index (χ0n) is 21.0. The predicted octanol–water partition coefficient (Wildman–Crippen LogP) is 5.32. The van der Waals surface area contributed by atoms with E-state index in [-0.39, 0.29) is 24.3 Å². The van der Waals surface area contributed by atoms with E-state index in [1.54, 1.807) is 4.90 Å². The van der Waals surface area contributed by atoms with Crippen LogP contribution in [0, 0.1) is 20.8 Å². The van der Waals surface area contributed by atoms with Crippen LogP contribution in [0.4, 0.5) is 0 Å². The van der Waals surface area contributed by atoms with Crippen molar-refractivity contribution in [1.29, 1.82) is 0 Å². The molecule has 0 saturated carbocycles. The van der Waals surface area contributed by atoms with Crippen LogP contribution in [0.15, 0.2) is 72.8 Å². The van der Waals surface area contributed by atoms with Gasteiger partial charge in [-0.15, -0.1) is 0 Å². The van der Waals surface area contributed by atoms with E-state index < -0.39 is 6.04 Å². The quantitative estimate of drug-likeness (QED) is 0.474. The number of benzene rings is 3. The van der Waals surface area contributed by atoms with Gasteiger partial charge >= 0.3 is 0 Å². The van der Waals surface area contributed by atoms with Crippen LogP contribution in [0.5, 0.6) is 0 Å². The van der Waals surface area contributed by atoms with Crippen LogP contribution in [0.3, 0.4) is 0 Å². The third-order valence-corrected chi connectivity index (χ3v) is 5.98. The highest BCUT2D eigenvalue weighted by atomic mass is 16.2. The molecule has 0 spiro atoms. The van der Waals surface area contributed by atoms with Gasteiger partial charge in [0.2, 0.25) is 11.8 Å². The van der Waals surface area contributed by atoms with Gasteiger partial charge < -0.3 is 10.2 Å². The molecule has 0 heterocycles. The molecule has 0 bridgehead atoms. The number of amides is 2. The lowest BCUT2D eigenvalue weighted by atomic mass is 9.99. The zero-order chi connectivity index (χ0) is 24.7. The van der Waals surface area contributed by atoms with E-state index >= 15 is 0 Å². The Labute approximate surface area is 204 Å². The first kappa shape index (κ1) is 25.2. The fraction of sp³-hybridized carbons (Fsp3) is 0.333. The van der Waals surface area contributed by atoms with Crippen molar-refractivity contribution in [3.05, 3.63) is 106 Å². The molecule has 4 nitrogen and oxygen atoms in total. The summed E-state index contributed by atoms with van der Waals surface area (Å²) in [5.74, 6) is -0.170. The van der Waals surface area contributed by atoms with Crippen LogP contribution < -0.4 is 5.32 Å². The largest absolute Gasteiger partial charge is 0.352 e. The van der Waals surface area contributed by atoms with Gasteiger partial charge in [-0.1, -0.05) is 83.9 Å². The van der Waals surface area contributed by atoms with Crippen LogP contribution in [-0.4, -0.2) is 28.8 Å². The summed E-state index contributed by atoms with van der Waals surface area (Å²) < 4.78 is 0. The van der Waals surface area contributed by atoms with E-state index in [1.165, 1.54) is 0 Å². The lowest BCUT2D eigenvalue weighted by Crippen LogP contribution is -2.52. The van der Waals surface area contributed by atoms with E-state index in [0.717, 1.165) is 33.4 Å². The molecule has 0 aromatic heterocycles. The SMILES string of the molecule is Cc1cccc(CN(C(=O)Cc2cc(C)ccc2C)[C@H](Cc2ccccc2)C(=O)NC(C)C)c1.